The highest BCUT2D eigenvalue weighted by atomic mass is 16.3. The van der Waals surface area contributed by atoms with E-state index >= 15 is 0 Å². The van der Waals surface area contributed by atoms with Crippen molar-refractivity contribution in [3.63, 3.8) is 0 Å². The van der Waals surface area contributed by atoms with Gasteiger partial charge in [-0.05, 0) is 12.0 Å². The number of amides is 1. The molecule has 2 N–H and O–H groups in total. The van der Waals surface area contributed by atoms with Crippen LogP contribution in [0.15, 0.2) is 23.0 Å². The summed E-state index contributed by atoms with van der Waals surface area (Å²) in [5, 5.41) is 0. The standard InChI is InChI=1S/C12H20N2O2/c1-9(2)11(6-13)12(15)14(3)7-10-4-5-16-8-10/h4-5,8-9,11H,6-7,13H2,1-3H3. The molecule has 1 atom stereocenters. The van der Waals surface area contributed by atoms with Gasteiger partial charge in [0.2, 0.25) is 5.91 Å². The highest BCUT2D eigenvalue weighted by Crippen LogP contribution is 2.14. The lowest BCUT2D eigenvalue weighted by Gasteiger charge is -2.24. The summed E-state index contributed by atoms with van der Waals surface area (Å²) < 4.78 is 4.97. The second kappa shape index (κ2) is 5.70. The van der Waals surface area contributed by atoms with Crippen molar-refractivity contribution in [3.05, 3.63) is 24.2 Å². The van der Waals surface area contributed by atoms with Crippen LogP contribution in [0.2, 0.25) is 0 Å². The summed E-state index contributed by atoms with van der Waals surface area (Å²) in [7, 11) is 1.79. The van der Waals surface area contributed by atoms with Crippen molar-refractivity contribution >= 4 is 5.91 Å². The fraction of sp³-hybridized carbons (Fsp3) is 0.583. The molecule has 0 saturated heterocycles. The van der Waals surface area contributed by atoms with Gasteiger partial charge in [-0.2, -0.15) is 0 Å². The maximum atomic E-state index is 12.1. The molecule has 1 aromatic rings. The largest absolute Gasteiger partial charge is 0.472 e. The summed E-state index contributed by atoms with van der Waals surface area (Å²) in [6.45, 7) is 4.99. The van der Waals surface area contributed by atoms with E-state index in [1.807, 2.05) is 19.9 Å². The van der Waals surface area contributed by atoms with Gasteiger partial charge in [0.25, 0.3) is 0 Å². The molecule has 0 fully saturated rings. The van der Waals surface area contributed by atoms with Gasteiger partial charge >= 0.3 is 0 Å². The summed E-state index contributed by atoms with van der Waals surface area (Å²) in [6, 6.07) is 1.86. The molecule has 90 valence electrons. The molecular weight excluding hydrogens is 204 g/mol. The van der Waals surface area contributed by atoms with Gasteiger partial charge in [-0.3, -0.25) is 4.79 Å². The van der Waals surface area contributed by atoms with Crippen LogP contribution in [0, 0.1) is 11.8 Å². The van der Waals surface area contributed by atoms with Gasteiger partial charge in [-0.15, -0.1) is 0 Å². The smallest absolute Gasteiger partial charge is 0.227 e. The van der Waals surface area contributed by atoms with E-state index in [0.29, 0.717) is 13.1 Å². The summed E-state index contributed by atoms with van der Waals surface area (Å²) in [4.78, 5) is 13.8. The first kappa shape index (κ1) is 12.8. The third-order valence-electron chi connectivity index (χ3n) is 2.75. The molecule has 0 aliphatic heterocycles. The van der Waals surface area contributed by atoms with Crippen molar-refractivity contribution < 1.29 is 9.21 Å². The van der Waals surface area contributed by atoms with Crippen LogP contribution in [-0.2, 0) is 11.3 Å². The number of rotatable bonds is 5. The Balaban J connectivity index is 2.59. The van der Waals surface area contributed by atoms with Crippen molar-refractivity contribution in [3.8, 4) is 0 Å². The van der Waals surface area contributed by atoms with E-state index in [1.165, 1.54) is 0 Å². The molecule has 16 heavy (non-hydrogen) atoms. The van der Waals surface area contributed by atoms with Gasteiger partial charge in [0, 0.05) is 25.7 Å². The molecule has 1 amide bonds. The highest BCUT2D eigenvalue weighted by molar-refractivity contribution is 5.79. The van der Waals surface area contributed by atoms with Crippen molar-refractivity contribution in [2.24, 2.45) is 17.6 Å². The van der Waals surface area contributed by atoms with Gasteiger partial charge in [0.05, 0.1) is 18.4 Å². The Morgan fingerprint density at radius 2 is 2.25 bits per heavy atom. The van der Waals surface area contributed by atoms with E-state index in [9.17, 15) is 4.79 Å². The number of carbonyl (C=O) groups is 1. The fourth-order valence-corrected chi connectivity index (χ4v) is 1.68. The number of nitrogens with two attached hydrogens (primary N) is 1. The molecule has 0 bridgehead atoms. The zero-order chi connectivity index (χ0) is 12.1. The van der Waals surface area contributed by atoms with Crippen molar-refractivity contribution in [2.45, 2.75) is 20.4 Å². The molecular formula is C12H20N2O2. The van der Waals surface area contributed by atoms with Gasteiger partial charge in [-0.25, -0.2) is 0 Å². The molecule has 0 radical (unpaired) electrons. The summed E-state index contributed by atoms with van der Waals surface area (Å²) >= 11 is 0. The number of carbonyl (C=O) groups excluding carboxylic acids is 1. The first-order chi connectivity index (χ1) is 7.56. The molecule has 1 unspecified atom stereocenters. The molecule has 4 nitrogen and oxygen atoms in total. The van der Waals surface area contributed by atoms with E-state index in [4.69, 9.17) is 10.2 Å². The predicted molar refractivity (Wildman–Crippen MR) is 62.6 cm³/mol. The van der Waals surface area contributed by atoms with E-state index in [1.54, 1.807) is 24.5 Å². The monoisotopic (exact) mass is 224 g/mol. The first-order valence-electron chi connectivity index (χ1n) is 5.52. The van der Waals surface area contributed by atoms with E-state index < -0.39 is 0 Å². The van der Waals surface area contributed by atoms with Gasteiger partial charge < -0.3 is 15.1 Å². The Bertz CT molecular complexity index is 320. The minimum absolute atomic E-state index is 0.0960. The molecule has 4 heteroatoms. The number of hydrogen-bond donors (Lipinski definition) is 1. The number of hydrogen-bond acceptors (Lipinski definition) is 3. The minimum Gasteiger partial charge on any atom is -0.472 e. The van der Waals surface area contributed by atoms with Gasteiger partial charge in [0.1, 0.15) is 0 Å². The minimum atomic E-state index is -0.100. The third-order valence-corrected chi connectivity index (χ3v) is 2.75. The Labute approximate surface area is 96.4 Å². The lowest BCUT2D eigenvalue weighted by Crippen LogP contribution is -2.38. The molecule has 1 rings (SSSR count). The van der Waals surface area contributed by atoms with E-state index in [2.05, 4.69) is 0 Å². The van der Waals surface area contributed by atoms with Crippen LogP contribution in [0.3, 0.4) is 0 Å². The van der Waals surface area contributed by atoms with Crippen LogP contribution in [0.5, 0.6) is 0 Å². The summed E-state index contributed by atoms with van der Waals surface area (Å²) in [6.07, 6.45) is 3.26. The SMILES string of the molecule is CC(C)C(CN)C(=O)N(C)Cc1ccoc1. The molecule has 1 heterocycles. The Morgan fingerprint density at radius 3 is 2.69 bits per heavy atom. The van der Waals surface area contributed by atoms with Crippen LogP contribution in [0.25, 0.3) is 0 Å². The predicted octanol–water partition coefficient (Wildman–Crippen LogP) is 1.47. The third kappa shape index (κ3) is 3.10. The second-order valence-corrected chi connectivity index (χ2v) is 4.41. The molecule has 0 saturated carbocycles. The number of nitrogens with zero attached hydrogens (tertiary/aromatic N) is 1. The lowest BCUT2D eigenvalue weighted by atomic mass is 9.94. The summed E-state index contributed by atoms with van der Waals surface area (Å²) in [5.74, 6) is 0.264. The molecule has 0 aliphatic rings. The topological polar surface area (TPSA) is 59.5 Å². The molecule has 0 spiro atoms. The zero-order valence-electron chi connectivity index (χ0n) is 10.1. The Hall–Kier alpha value is -1.29. The number of furan rings is 1. The average Bonchev–Trinajstić information content (AvgIpc) is 2.70. The highest BCUT2D eigenvalue weighted by Gasteiger charge is 2.23. The van der Waals surface area contributed by atoms with Crippen molar-refractivity contribution in [1.82, 2.24) is 4.90 Å². The fourth-order valence-electron chi connectivity index (χ4n) is 1.68. The lowest BCUT2D eigenvalue weighted by molar-refractivity contribution is -0.135. The zero-order valence-corrected chi connectivity index (χ0v) is 10.1. The van der Waals surface area contributed by atoms with Crippen molar-refractivity contribution in [1.29, 1.82) is 0 Å². The van der Waals surface area contributed by atoms with Crippen LogP contribution < -0.4 is 5.73 Å². The molecule has 0 aliphatic carbocycles. The normalized spacial score (nSPS) is 12.8. The van der Waals surface area contributed by atoms with Crippen LogP contribution in [-0.4, -0.2) is 24.4 Å². The molecule has 1 aromatic heterocycles. The van der Waals surface area contributed by atoms with Crippen molar-refractivity contribution in [2.75, 3.05) is 13.6 Å². The van der Waals surface area contributed by atoms with Crippen LogP contribution >= 0.6 is 0 Å². The molecule has 0 aromatic carbocycles. The Morgan fingerprint density at radius 1 is 1.56 bits per heavy atom. The maximum absolute atomic E-state index is 12.1. The van der Waals surface area contributed by atoms with E-state index in [-0.39, 0.29) is 17.7 Å². The maximum Gasteiger partial charge on any atom is 0.227 e. The summed E-state index contributed by atoms with van der Waals surface area (Å²) in [5.41, 5.74) is 6.62. The van der Waals surface area contributed by atoms with Gasteiger partial charge in [-0.1, -0.05) is 13.8 Å². The second-order valence-electron chi connectivity index (χ2n) is 4.41. The first-order valence-corrected chi connectivity index (χ1v) is 5.52. The van der Waals surface area contributed by atoms with Crippen LogP contribution in [0.1, 0.15) is 19.4 Å². The Kier molecular flexibility index (Phi) is 4.55. The van der Waals surface area contributed by atoms with E-state index in [0.717, 1.165) is 5.56 Å². The average molecular weight is 224 g/mol. The van der Waals surface area contributed by atoms with Crippen LogP contribution in [0.4, 0.5) is 0 Å². The quantitative estimate of drug-likeness (QED) is 0.824. The van der Waals surface area contributed by atoms with Gasteiger partial charge in [0.15, 0.2) is 0 Å².